The van der Waals surface area contributed by atoms with Crippen molar-refractivity contribution in [3.05, 3.63) is 35.9 Å². The van der Waals surface area contributed by atoms with E-state index in [2.05, 4.69) is 42.2 Å². The summed E-state index contributed by atoms with van der Waals surface area (Å²) in [6.45, 7) is -0.392. The lowest BCUT2D eigenvalue weighted by Gasteiger charge is -2.38. The molecule has 2 aliphatic heterocycles. The van der Waals surface area contributed by atoms with E-state index in [1.807, 2.05) is 0 Å². The molecule has 1 spiro atoms. The Bertz CT molecular complexity index is 2180. The molecular weight excluding hydrogens is 979 g/mol. The Morgan fingerprint density at radius 1 is 0.764 bits per heavy atom. The van der Waals surface area contributed by atoms with Crippen LogP contribution in [0.15, 0.2) is 35.3 Å². The van der Waals surface area contributed by atoms with E-state index in [9.17, 15) is 52.7 Å². The second-order valence-electron chi connectivity index (χ2n) is 17.8. The number of rotatable bonds is 17. The fourth-order valence-electron chi connectivity index (χ4n) is 8.36. The van der Waals surface area contributed by atoms with Gasteiger partial charge in [0.1, 0.15) is 41.8 Å². The van der Waals surface area contributed by atoms with Crippen LogP contribution < -0.4 is 71.6 Å². The molecule has 1 aliphatic carbocycles. The highest BCUT2D eigenvalue weighted by Gasteiger charge is 2.44. The highest BCUT2D eigenvalue weighted by molar-refractivity contribution is 8.76. The summed E-state index contributed by atoms with van der Waals surface area (Å²) in [5, 5.41) is 18.2. The monoisotopic (exact) mass is 1050 g/mol. The third kappa shape index (κ3) is 18.2. The molecule has 1 aromatic carbocycles. The maximum Gasteiger partial charge on any atom is 0.246 e. The molecule has 7 atom stereocenters. The summed E-state index contributed by atoms with van der Waals surface area (Å²) in [6, 6.07) is -1.09. The van der Waals surface area contributed by atoms with Gasteiger partial charge in [-0.05, 0) is 50.5 Å². The molecular formula is C44H67N15O11S2. The lowest BCUT2D eigenvalue weighted by atomic mass is 9.80. The molecule has 72 heavy (non-hydrogen) atoms. The Labute approximate surface area is 423 Å². The van der Waals surface area contributed by atoms with Crippen molar-refractivity contribution in [2.45, 2.75) is 131 Å². The number of nitrogens with one attached hydrogen (secondary N) is 7. The number of carbonyl (C=O) groups excluding carboxylic acids is 11. The van der Waals surface area contributed by atoms with E-state index in [0.717, 1.165) is 28.0 Å². The van der Waals surface area contributed by atoms with E-state index < -0.39 is 132 Å². The number of nitrogens with zero attached hydrogens (tertiary/aromatic N) is 2. The Morgan fingerprint density at radius 3 is 2.07 bits per heavy atom. The second-order valence-corrected chi connectivity index (χ2v) is 20.3. The van der Waals surface area contributed by atoms with Crippen molar-refractivity contribution < 1.29 is 52.7 Å². The number of amides is 11. The van der Waals surface area contributed by atoms with Crippen LogP contribution in [0.4, 0.5) is 0 Å². The smallest absolute Gasteiger partial charge is 0.246 e. The van der Waals surface area contributed by atoms with Crippen LogP contribution in [-0.4, -0.2) is 155 Å². The van der Waals surface area contributed by atoms with Crippen LogP contribution in [-0.2, 0) is 59.2 Å². The van der Waals surface area contributed by atoms with Gasteiger partial charge in [-0.3, -0.25) is 57.7 Å². The van der Waals surface area contributed by atoms with Gasteiger partial charge in [-0.2, -0.15) is 0 Å². The number of aliphatic imine (C=N–C) groups is 1. The molecule has 26 nitrogen and oxygen atoms in total. The fourth-order valence-corrected chi connectivity index (χ4v) is 10.6. The molecule has 0 radical (unpaired) electrons. The number of hydrogen-bond acceptors (Lipinski definition) is 15. The maximum atomic E-state index is 14.6. The van der Waals surface area contributed by atoms with Gasteiger partial charge in [-0.1, -0.05) is 71.2 Å². The molecule has 3 aliphatic rings. The van der Waals surface area contributed by atoms with Crippen molar-refractivity contribution in [2.24, 2.45) is 39.4 Å². The number of hydrogen-bond donors (Lipinski definition) is 13. The molecule has 396 valence electrons. The number of guanidine groups is 1. The quantitative estimate of drug-likeness (QED) is 0.0301. The third-order valence-electron chi connectivity index (χ3n) is 12.1. The van der Waals surface area contributed by atoms with E-state index in [1.54, 1.807) is 30.3 Å². The van der Waals surface area contributed by atoms with Gasteiger partial charge in [0.05, 0.1) is 19.0 Å². The maximum absolute atomic E-state index is 14.6. The molecule has 0 bridgehead atoms. The Hall–Kier alpha value is -6.68. The summed E-state index contributed by atoms with van der Waals surface area (Å²) >= 11 is 0. The van der Waals surface area contributed by atoms with Crippen LogP contribution in [0, 0.1) is 0 Å². The molecule has 2 heterocycles. The highest BCUT2D eigenvalue weighted by Crippen LogP contribution is 2.30. The first-order valence-electron chi connectivity index (χ1n) is 23.6. The predicted octanol–water partition coefficient (Wildman–Crippen LogP) is -5.02. The Morgan fingerprint density at radius 2 is 1.42 bits per heavy atom. The molecule has 4 rings (SSSR count). The number of carbonyl (C=O) groups is 11. The van der Waals surface area contributed by atoms with E-state index in [1.165, 1.54) is 4.90 Å². The van der Waals surface area contributed by atoms with E-state index in [0.29, 0.717) is 24.8 Å². The van der Waals surface area contributed by atoms with Crippen LogP contribution in [0.5, 0.6) is 0 Å². The van der Waals surface area contributed by atoms with Crippen LogP contribution in [0.3, 0.4) is 0 Å². The van der Waals surface area contributed by atoms with Gasteiger partial charge in [-0.15, -0.1) is 0 Å². The average Bonchev–Trinajstić information content (AvgIpc) is 3.83. The van der Waals surface area contributed by atoms with E-state index in [4.69, 9.17) is 34.4 Å². The zero-order valence-electron chi connectivity index (χ0n) is 39.8. The summed E-state index contributed by atoms with van der Waals surface area (Å²) in [6.07, 6.45) is 1.38. The van der Waals surface area contributed by atoms with Crippen molar-refractivity contribution in [1.29, 1.82) is 0 Å². The van der Waals surface area contributed by atoms with Gasteiger partial charge in [0.25, 0.3) is 0 Å². The lowest BCUT2D eigenvalue weighted by molar-refractivity contribution is -0.142. The van der Waals surface area contributed by atoms with Crippen molar-refractivity contribution in [2.75, 3.05) is 31.1 Å². The molecule has 0 unspecified atom stereocenters. The van der Waals surface area contributed by atoms with Crippen molar-refractivity contribution in [3.63, 3.8) is 0 Å². The van der Waals surface area contributed by atoms with Crippen LogP contribution in [0.25, 0.3) is 0 Å². The average molecular weight is 1050 g/mol. The number of likely N-dealkylation sites (tertiary alicyclic amines) is 1. The molecule has 0 aromatic heterocycles. The number of benzene rings is 1. The first kappa shape index (κ1) is 57.9. The minimum absolute atomic E-state index is 0.0168. The summed E-state index contributed by atoms with van der Waals surface area (Å²) in [4.78, 5) is 153. The molecule has 1 saturated carbocycles. The zero-order valence-corrected chi connectivity index (χ0v) is 41.5. The Kier molecular flexibility index (Phi) is 22.8. The molecule has 19 N–H and O–H groups in total. The first-order chi connectivity index (χ1) is 34.2. The van der Waals surface area contributed by atoms with Gasteiger partial charge in [0.15, 0.2) is 5.96 Å². The largest absolute Gasteiger partial charge is 0.370 e. The summed E-state index contributed by atoms with van der Waals surface area (Å²) < 4.78 is 0. The molecule has 28 heteroatoms. The van der Waals surface area contributed by atoms with Gasteiger partial charge in [-0.25, -0.2) is 0 Å². The van der Waals surface area contributed by atoms with Crippen molar-refractivity contribution in [3.8, 4) is 0 Å². The lowest BCUT2D eigenvalue weighted by Crippen LogP contribution is -2.65. The van der Waals surface area contributed by atoms with Crippen molar-refractivity contribution in [1.82, 2.24) is 42.1 Å². The summed E-state index contributed by atoms with van der Waals surface area (Å²) in [5.74, 6) is -9.76. The van der Waals surface area contributed by atoms with E-state index >= 15 is 0 Å². The van der Waals surface area contributed by atoms with Gasteiger partial charge in [0.2, 0.25) is 65.0 Å². The second kappa shape index (κ2) is 28.4. The molecule has 3 fully saturated rings. The number of nitrogens with two attached hydrogens (primary N) is 6. The minimum atomic E-state index is -1.76. The fraction of sp³-hybridized carbons (Fsp3) is 0.591. The van der Waals surface area contributed by atoms with Gasteiger partial charge >= 0.3 is 0 Å². The minimum Gasteiger partial charge on any atom is -0.370 e. The normalized spacial score (nSPS) is 23.9. The zero-order chi connectivity index (χ0) is 53.0. The standard InChI is InChI=1S/C44H67N15O11S2/c45-25-22-71-72-23-30(41(69)59-18-8-12-31(59)40(68)54-26(11-7-17-51-43(49)50)36(64)52-21-34(48)62)56-39(67)29(20-33(47)61)55-37(65)27(13-14-32(46)60)53-38(66)28(19-24-9-3-1-4-10-24)57-42(70)44(58-35(25)63)15-5-2-6-16-44/h1,3-4,9-10,25-31H,2,5-8,11-23,45H2,(H2,46,60)(H2,47,61)(H2,48,62)(H,52,64)(H,53,66)(H,54,68)(H,55,65)(H,56,67)(H,57,70)(H,58,63)(H4,49,50,51)/t25-,26+,27-,28-,29-,30-,31-/m0/s1. The van der Waals surface area contributed by atoms with Gasteiger partial charge < -0.3 is 76.5 Å². The van der Waals surface area contributed by atoms with Crippen molar-refractivity contribution >= 4 is 92.5 Å². The SMILES string of the molecule is NC(=O)CC[C@@H]1NC(=O)[C@H](Cc2ccccc2)NC(=O)C2(CCCCC2)NC(=O)[C@@H](N)CSSC[C@@H](C(=O)N2CCC[C@H]2C(=O)N[C@H](CCCN=C(N)N)C(=O)NCC(N)=O)NC(=O)[C@H](CC(N)=O)NC1=O. The molecule has 1 aromatic rings. The third-order valence-corrected chi connectivity index (χ3v) is 14.6. The molecule has 2 saturated heterocycles. The number of primary amides is 3. The van der Waals surface area contributed by atoms with Gasteiger partial charge in [0, 0.05) is 37.4 Å². The summed E-state index contributed by atoms with van der Waals surface area (Å²) in [5.41, 5.74) is 32.6. The van der Waals surface area contributed by atoms with Crippen LogP contribution in [0.2, 0.25) is 0 Å². The van der Waals surface area contributed by atoms with Crippen LogP contribution in [0.1, 0.15) is 82.6 Å². The Balaban J connectivity index is 1.69. The highest BCUT2D eigenvalue weighted by atomic mass is 33.1. The van der Waals surface area contributed by atoms with Crippen LogP contribution >= 0.6 is 21.6 Å². The molecule has 11 amide bonds. The topological polar surface area (TPSA) is 444 Å². The summed E-state index contributed by atoms with van der Waals surface area (Å²) in [7, 11) is 2.10. The first-order valence-corrected chi connectivity index (χ1v) is 26.0. The predicted molar refractivity (Wildman–Crippen MR) is 266 cm³/mol. The van der Waals surface area contributed by atoms with E-state index in [-0.39, 0.29) is 75.5 Å².